The number of rotatable bonds is 7. The van der Waals surface area contributed by atoms with Crippen molar-refractivity contribution in [2.45, 2.75) is 44.8 Å². The summed E-state index contributed by atoms with van der Waals surface area (Å²) in [5, 5.41) is 9.78. The van der Waals surface area contributed by atoms with Crippen molar-refractivity contribution >= 4 is 28.9 Å². The number of pyridine rings is 1. The third-order valence-electron chi connectivity index (χ3n) is 6.43. The molecule has 0 aliphatic carbocycles. The molecule has 4 rings (SSSR count). The van der Waals surface area contributed by atoms with Crippen LogP contribution in [0.15, 0.2) is 36.5 Å². The fourth-order valence-electron chi connectivity index (χ4n) is 4.76. The highest BCUT2D eigenvalue weighted by Gasteiger charge is 2.30. The van der Waals surface area contributed by atoms with E-state index in [4.69, 9.17) is 26.2 Å². The number of piperidine rings is 1. The van der Waals surface area contributed by atoms with Crippen LogP contribution in [0.1, 0.15) is 32.6 Å². The van der Waals surface area contributed by atoms with Gasteiger partial charge in [0.15, 0.2) is 0 Å². The number of nitrogens with zero attached hydrogens (tertiary/aromatic N) is 3. The molecule has 0 saturated carbocycles. The number of ether oxygens (including phenoxy) is 2. The highest BCUT2D eigenvalue weighted by atomic mass is 35.5. The predicted molar refractivity (Wildman–Crippen MR) is 125 cm³/mol. The minimum Gasteiger partial charge on any atom is -0.490 e. The summed E-state index contributed by atoms with van der Waals surface area (Å²) in [5.41, 5.74) is 2.00. The van der Waals surface area contributed by atoms with Gasteiger partial charge >= 0.3 is 5.97 Å². The Morgan fingerprint density at radius 2 is 2.03 bits per heavy atom. The van der Waals surface area contributed by atoms with Gasteiger partial charge in [0.2, 0.25) is 5.88 Å². The first-order chi connectivity index (χ1) is 15.4. The number of benzene rings is 1. The number of methoxy groups -OCH3 is 1. The minimum absolute atomic E-state index is 0.0715. The second kappa shape index (κ2) is 9.86. The van der Waals surface area contributed by atoms with Gasteiger partial charge in [-0.1, -0.05) is 18.5 Å². The Bertz CT molecular complexity index is 939. The number of hydrogen-bond donors (Lipinski definition) is 1. The lowest BCUT2D eigenvalue weighted by Crippen LogP contribution is -2.44. The van der Waals surface area contributed by atoms with Crippen molar-refractivity contribution in [3.8, 4) is 11.6 Å². The van der Waals surface area contributed by atoms with E-state index >= 15 is 0 Å². The van der Waals surface area contributed by atoms with E-state index in [1.165, 1.54) is 0 Å². The molecule has 172 valence electrons. The number of aliphatic carboxylic acids is 1. The van der Waals surface area contributed by atoms with Crippen LogP contribution in [0.25, 0.3) is 0 Å². The molecular formula is C24H30ClN3O4. The molecule has 2 aromatic rings. The van der Waals surface area contributed by atoms with Crippen LogP contribution < -0.4 is 19.3 Å². The summed E-state index contributed by atoms with van der Waals surface area (Å²) in [5.74, 6) is 0.974. The van der Waals surface area contributed by atoms with Gasteiger partial charge in [-0.25, -0.2) is 4.98 Å². The highest BCUT2D eigenvalue weighted by molar-refractivity contribution is 6.33. The molecule has 32 heavy (non-hydrogen) atoms. The summed E-state index contributed by atoms with van der Waals surface area (Å²) in [4.78, 5) is 19.8. The first-order valence-corrected chi connectivity index (χ1v) is 11.5. The van der Waals surface area contributed by atoms with E-state index in [1.54, 1.807) is 13.3 Å². The van der Waals surface area contributed by atoms with E-state index in [0.29, 0.717) is 16.8 Å². The van der Waals surface area contributed by atoms with Crippen LogP contribution in [0.4, 0.5) is 11.4 Å². The zero-order chi connectivity index (χ0) is 22.7. The molecule has 8 heteroatoms. The summed E-state index contributed by atoms with van der Waals surface area (Å²) in [6.45, 7) is 4.76. The van der Waals surface area contributed by atoms with Crippen molar-refractivity contribution in [3.63, 3.8) is 0 Å². The van der Waals surface area contributed by atoms with Crippen LogP contribution in [-0.4, -0.2) is 54.9 Å². The smallest absolute Gasteiger partial charge is 0.305 e. The fourth-order valence-corrected chi connectivity index (χ4v) is 4.98. The standard InChI is InChI=1S/C24H30ClN3O4/c1-16-15-27(21-13-23(31-2)26-14-20(21)25)11-9-22(16)32-19-7-5-17(6-8-19)28-10-3-4-18(28)12-24(29)30/h5-8,13-14,16,18,22H,3-4,9-12,15H2,1-2H3,(H,29,30)/t16?,18-,22?/m1/s1. The summed E-state index contributed by atoms with van der Waals surface area (Å²) >= 11 is 6.38. The maximum atomic E-state index is 11.1. The number of carbonyl (C=O) groups is 1. The molecule has 2 aliphatic rings. The molecule has 1 N–H and O–H groups in total. The molecule has 3 heterocycles. The van der Waals surface area contributed by atoms with Gasteiger partial charge in [-0.3, -0.25) is 4.79 Å². The highest BCUT2D eigenvalue weighted by Crippen LogP contribution is 2.34. The molecule has 0 amide bonds. The fraction of sp³-hybridized carbons (Fsp3) is 0.500. The molecular weight excluding hydrogens is 430 g/mol. The lowest BCUT2D eigenvalue weighted by molar-refractivity contribution is -0.137. The first kappa shape index (κ1) is 22.5. The molecule has 3 atom stereocenters. The normalized spacial score (nSPS) is 23.3. The van der Waals surface area contributed by atoms with Gasteiger partial charge in [0.25, 0.3) is 0 Å². The van der Waals surface area contributed by atoms with Gasteiger partial charge in [-0.2, -0.15) is 0 Å². The number of halogens is 1. The molecule has 7 nitrogen and oxygen atoms in total. The van der Waals surface area contributed by atoms with Crippen LogP contribution in [0.5, 0.6) is 11.6 Å². The van der Waals surface area contributed by atoms with Gasteiger partial charge in [0, 0.05) is 49.8 Å². The van der Waals surface area contributed by atoms with Crippen molar-refractivity contribution < 1.29 is 19.4 Å². The molecule has 0 spiro atoms. The van der Waals surface area contributed by atoms with Gasteiger partial charge in [0.1, 0.15) is 11.9 Å². The van der Waals surface area contributed by atoms with Crippen LogP contribution >= 0.6 is 11.6 Å². The van der Waals surface area contributed by atoms with E-state index in [2.05, 4.69) is 21.7 Å². The Kier molecular flexibility index (Phi) is 6.94. The summed E-state index contributed by atoms with van der Waals surface area (Å²) in [6.07, 6.45) is 4.77. The number of hydrogen-bond acceptors (Lipinski definition) is 6. The summed E-state index contributed by atoms with van der Waals surface area (Å²) in [7, 11) is 1.60. The summed E-state index contributed by atoms with van der Waals surface area (Å²) in [6, 6.07) is 10.0. The van der Waals surface area contributed by atoms with Crippen LogP contribution in [-0.2, 0) is 4.79 Å². The Morgan fingerprint density at radius 3 is 2.72 bits per heavy atom. The van der Waals surface area contributed by atoms with E-state index in [-0.39, 0.29) is 18.6 Å². The third-order valence-corrected chi connectivity index (χ3v) is 6.72. The SMILES string of the molecule is COc1cc(N2CCC(Oc3ccc(N4CCC[C@@H]4CC(=O)O)cc3)C(C)C2)c(Cl)cn1. The molecule has 0 bridgehead atoms. The van der Waals surface area contributed by atoms with E-state index in [1.807, 2.05) is 30.3 Å². The number of carboxylic acids is 1. The Morgan fingerprint density at radius 1 is 1.25 bits per heavy atom. The monoisotopic (exact) mass is 459 g/mol. The molecule has 2 unspecified atom stereocenters. The average molecular weight is 460 g/mol. The van der Waals surface area contributed by atoms with Crippen molar-refractivity contribution in [1.82, 2.24) is 4.98 Å². The lowest BCUT2D eigenvalue weighted by atomic mass is 9.96. The lowest BCUT2D eigenvalue weighted by Gasteiger charge is -2.38. The zero-order valence-electron chi connectivity index (χ0n) is 18.5. The zero-order valence-corrected chi connectivity index (χ0v) is 19.3. The Balaban J connectivity index is 1.37. The molecule has 2 aliphatic heterocycles. The quantitative estimate of drug-likeness (QED) is 0.654. The predicted octanol–water partition coefficient (Wildman–Crippen LogP) is 4.48. The van der Waals surface area contributed by atoms with Gasteiger partial charge in [-0.15, -0.1) is 0 Å². The average Bonchev–Trinajstić information content (AvgIpc) is 3.23. The molecule has 0 radical (unpaired) electrons. The van der Waals surface area contributed by atoms with E-state index in [9.17, 15) is 4.79 Å². The largest absolute Gasteiger partial charge is 0.490 e. The third kappa shape index (κ3) is 5.04. The van der Waals surface area contributed by atoms with Crippen molar-refractivity contribution in [2.75, 3.05) is 36.5 Å². The second-order valence-electron chi connectivity index (χ2n) is 8.63. The molecule has 2 saturated heterocycles. The van der Waals surface area contributed by atoms with Crippen molar-refractivity contribution in [1.29, 1.82) is 0 Å². The van der Waals surface area contributed by atoms with Crippen molar-refractivity contribution in [3.05, 3.63) is 41.6 Å². The number of carboxylic acid groups (broad SMARTS) is 1. The minimum atomic E-state index is -0.742. The van der Waals surface area contributed by atoms with Crippen molar-refractivity contribution in [2.24, 2.45) is 5.92 Å². The number of anilines is 2. The van der Waals surface area contributed by atoms with Gasteiger partial charge in [-0.05, 0) is 37.1 Å². The molecule has 2 fully saturated rings. The van der Waals surface area contributed by atoms with Crippen LogP contribution in [0, 0.1) is 5.92 Å². The second-order valence-corrected chi connectivity index (χ2v) is 9.03. The maximum absolute atomic E-state index is 11.1. The van der Waals surface area contributed by atoms with Gasteiger partial charge < -0.3 is 24.4 Å². The topological polar surface area (TPSA) is 75.1 Å². The Labute approximate surface area is 193 Å². The van der Waals surface area contributed by atoms with Crippen LogP contribution in [0.2, 0.25) is 5.02 Å². The van der Waals surface area contributed by atoms with E-state index < -0.39 is 5.97 Å². The number of aromatic nitrogens is 1. The first-order valence-electron chi connectivity index (χ1n) is 11.1. The van der Waals surface area contributed by atoms with E-state index in [0.717, 1.165) is 56.0 Å². The molecule has 1 aromatic carbocycles. The molecule has 1 aromatic heterocycles. The van der Waals surface area contributed by atoms with Gasteiger partial charge in [0.05, 0.1) is 30.4 Å². The van der Waals surface area contributed by atoms with Crippen LogP contribution in [0.3, 0.4) is 0 Å². The Hall–Kier alpha value is -2.67. The maximum Gasteiger partial charge on any atom is 0.305 e. The summed E-state index contributed by atoms with van der Waals surface area (Å²) < 4.78 is 11.6.